The van der Waals surface area contributed by atoms with Crippen molar-refractivity contribution in [1.29, 1.82) is 0 Å². The van der Waals surface area contributed by atoms with Gasteiger partial charge in [-0.1, -0.05) is 30.3 Å². The standard InChI is InChI=1S/C17H18N2O3/c1-12-6-3-4-7-14(12)11-18-17(21)19-15-9-5-8-13(10-15)16(20)22-2/h3-10H,11H2,1-2H3,(H2,18,19,21). The molecule has 2 N–H and O–H groups in total. The number of carbonyl (C=O) groups excluding carboxylic acids is 2. The van der Waals surface area contributed by atoms with E-state index in [1.807, 2.05) is 31.2 Å². The molecule has 0 spiro atoms. The second kappa shape index (κ2) is 7.26. The lowest BCUT2D eigenvalue weighted by Gasteiger charge is -2.10. The molecule has 0 saturated carbocycles. The first-order valence-corrected chi connectivity index (χ1v) is 6.88. The number of amides is 2. The van der Waals surface area contributed by atoms with Gasteiger partial charge in [0.15, 0.2) is 0 Å². The number of nitrogens with one attached hydrogen (secondary N) is 2. The fourth-order valence-corrected chi connectivity index (χ4v) is 2.00. The highest BCUT2D eigenvalue weighted by molar-refractivity contribution is 5.93. The Bertz CT molecular complexity index is 683. The van der Waals surface area contributed by atoms with Gasteiger partial charge in [0, 0.05) is 12.2 Å². The summed E-state index contributed by atoms with van der Waals surface area (Å²) >= 11 is 0. The number of hydrogen-bond donors (Lipinski definition) is 2. The molecule has 22 heavy (non-hydrogen) atoms. The fourth-order valence-electron chi connectivity index (χ4n) is 2.00. The second-order valence-electron chi connectivity index (χ2n) is 4.81. The van der Waals surface area contributed by atoms with Crippen molar-refractivity contribution in [3.8, 4) is 0 Å². The molecule has 0 heterocycles. The summed E-state index contributed by atoms with van der Waals surface area (Å²) in [5, 5.41) is 5.48. The van der Waals surface area contributed by atoms with E-state index in [1.165, 1.54) is 7.11 Å². The van der Waals surface area contributed by atoms with Gasteiger partial charge in [-0.05, 0) is 36.2 Å². The first kappa shape index (κ1) is 15.6. The molecule has 2 aromatic carbocycles. The minimum Gasteiger partial charge on any atom is -0.465 e. The minimum absolute atomic E-state index is 0.328. The number of ether oxygens (including phenoxy) is 1. The zero-order valence-corrected chi connectivity index (χ0v) is 12.6. The van der Waals surface area contributed by atoms with Gasteiger partial charge in [0.1, 0.15) is 0 Å². The van der Waals surface area contributed by atoms with Crippen LogP contribution in [-0.4, -0.2) is 19.1 Å². The van der Waals surface area contributed by atoms with Crippen molar-refractivity contribution in [1.82, 2.24) is 5.32 Å². The largest absolute Gasteiger partial charge is 0.465 e. The van der Waals surface area contributed by atoms with Crippen molar-refractivity contribution in [3.05, 3.63) is 65.2 Å². The molecule has 0 aliphatic rings. The predicted molar refractivity (Wildman–Crippen MR) is 84.8 cm³/mol. The zero-order chi connectivity index (χ0) is 15.9. The third-order valence-corrected chi connectivity index (χ3v) is 3.24. The number of aryl methyl sites for hydroxylation is 1. The van der Waals surface area contributed by atoms with Gasteiger partial charge in [-0.25, -0.2) is 9.59 Å². The highest BCUT2D eigenvalue weighted by Crippen LogP contribution is 2.12. The number of hydrogen-bond acceptors (Lipinski definition) is 3. The summed E-state index contributed by atoms with van der Waals surface area (Å²) in [4.78, 5) is 23.4. The second-order valence-corrected chi connectivity index (χ2v) is 4.81. The maximum absolute atomic E-state index is 11.9. The Hall–Kier alpha value is -2.82. The van der Waals surface area contributed by atoms with E-state index in [2.05, 4.69) is 15.4 Å². The fraction of sp³-hybridized carbons (Fsp3) is 0.176. The Morgan fingerprint density at radius 1 is 1.09 bits per heavy atom. The van der Waals surface area contributed by atoms with Crippen LogP contribution in [0.5, 0.6) is 0 Å². The van der Waals surface area contributed by atoms with Gasteiger partial charge < -0.3 is 15.4 Å². The summed E-state index contributed by atoms with van der Waals surface area (Å²) in [6.45, 7) is 2.43. The molecular weight excluding hydrogens is 280 g/mol. The van der Waals surface area contributed by atoms with Crippen LogP contribution in [0.2, 0.25) is 0 Å². The quantitative estimate of drug-likeness (QED) is 0.852. The molecule has 0 fully saturated rings. The van der Waals surface area contributed by atoms with E-state index < -0.39 is 5.97 Å². The minimum atomic E-state index is -0.441. The summed E-state index contributed by atoms with van der Waals surface area (Å²) < 4.78 is 4.65. The number of methoxy groups -OCH3 is 1. The molecule has 2 aromatic rings. The summed E-state index contributed by atoms with van der Waals surface area (Å²) in [6.07, 6.45) is 0. The van der Waals surface area contributed by atoms with E-state index in [4.69, 9.17) is 0 Å². The average molecular weight is 298 g/mol. The lowest BCUT2D eigenvalue weighted by Crippen LogP contribution is -2.28. The lowest BCUT2D eigenvalue weighted by atomic mass is 10.1. The molecule has 0 atom stereocenters. The van der Waals surface area contributed by atoms with Crippen LogP contribution in [0.4, 0.5) is 10.5 Å². The first-order valence-electron chi connectivity index (χ1n) is 6.88. The van der Waals surface area contributed by atoms with E-state index >= 15 is 0 Å². The van der Waals surface area contributed by atoms with E-state index in [9.17, 15) is 9.59 Å². The Labute approximate surface area is 129 Å². The predicted octanol–water partition coefficient (Wildman–Crippen LogP) is 3.10. The summed E-state index contributed by atoms with van der Waals surface area (Å²) in [5.41, 5.74) is 3.10. The van der Waals surface area contributed by atoms with Gasteiger partial charge in [0.05, 0.1) is 12.7 Å². The molecular formula is C17H18N2O3. The third-order valence-electron chi connectivity index (χ3n) is 3.24. The highest BCUT2D eigenvalue weighted by atomic mass is 16.5. The Morgan fingerprint density at radius 3 is 2.59 bits per heavy atom. The van der Waals surface area contributed by atoms with Crippen molar-refractivity contribution in [2.75, 3.05) is 12.4 Å². The van der Waals surface area contributed by atoms with E-state index in [1.54, 1.807) is 24.3 Å². The van der Waals surface area contributed by atoms with Gasteiger partial charge >= 0.3 is 12.0 Å². The summed E-state index contributed by atoms with van der Waals surface area (Å²) in [6, 6.07) is 14.1. The van der Waals surface area contributed by atoms with Gasteiger partial charge in [-0.3, -0.25) is 0 Å². The Kier molecular flexibility index (Phi) is 5.14. The SMILES string of the molecule is COC(=O)c1cccc(NC(=O)NCc2ccccc2C)c1. The number of urea groups is 1. The van der Waals surface area contributed by atoms with Gasteiger partial charge in [-0.15, -0.1) is 0 Å². The molecule has 2 rings (SSSR count). The topological polar surface area (TPSA) is 67.4 Å². The first-order chi connectivity index (χ1) is 10.6. The summed E-state index contributed by atoms with van der Waals surface area (Å²) in [5.74, 6) is -0.441. The smallest absolute Gasteiger partial charge is 0.337 e. The maximum atomic E-state index is 11.9. The van der Waals surface area contributed by atoms with Crippen molar-refractivity contribution in [2.45, 2.75) is 13.5 Å². The molecule has 0 aliphatic heterocycles. The number of carbonyl (C=O) groups is 2. The van der Waals surface area contributed by atoms with Crippen molar-refractivity contribution in [2.24, 2.45) is 0 Å². The number of esters is 1. The average Bonchev–Trinajstić information content (AvgIpc) is 2.53. The van der Waals surface area contributed by atoms with Crippen LogP contribution in [0.25, 0.3) is 0 Å². The molecule has 5 heteroatoms. The normalized spacial score (nSPS) is 9.91. The van der Waals surface area contributed by atoms with Gasteiger partial charge in [0.25, 0.3) is 0 Å². The molecule has 0 saturated heterocycles. The van der Waals surface area contributed by atoms with Crippen LogP contribution in [0.1, 0.15) is 21.5 Å². The lowest BCUT2D eigenvalue weighted by molar-refractivity contribution is 0.0600. The van der Waals surface area contributed by atoms with Crippen molar-refractivity contribution in [3.63, 3.8) is 0 Å². The Balaban J connectivity index is 1.95. The third kappa shape index (κ3) is 4.09. The molecule has 0 aromatic heterocycles. The molecule has 0 radical (unpaired) electrons. The molecule has 0 unspecified atom stereocenters. The van der Waals surface area contributed by atoms with Crippen molar-refractivity contribution >= 4 is 17.7 Å². The summed E-state index contributed by atoms with van der Waals surface area (Å²) in [7, 11) is 1.32. The van der Waals surface area contributed by atoms with E-state index in [-0.39, 0.29) is 6.03 Å². The van der Waals surface area contributed by atoms with Gasteiger partial charge in [-0.2, -0.15) is 0 Å². The molecule has 0 aliphatic carbocycles. The zero-order valence-electron chi connectivity index (χ0n) is 12.6. The van der Waals surface area contributed by atoms with E-state index in [0.29, 0.717) is 17.8 Å². The van der Waals surface area contributed by atoms with Crippen LogP contribution < -0.4 is 10.6 Å². The molecule has 0 bridgehead atoms. The number of rotatable bonds is 4. The molecule has 114 valence electrons. The van der Waals surface area contributed by atoms with Crippen LogP contribution in [-0.2, 0) is 11.3 Å². The molecule has 5 nitrogen and oxygen atoms in total. The maximum Gasteiger partial charge on any atom is 0.337 e. The van der Waals surface area contributed by atoms with Crippen molar-refractivity contribution < 1.29 is 14.3 Å². The monoisotopic (exact) mass is 298 g/mol. The van der Waals surface area contributed by atoms with Crippen LogP contribution in [0.15, 0.2) is 48.5 Å². The van der Waals surface area contributed by atoms with E-state index in [0.717, 1.165) is 11.1 Å². The Morgan fingerprint density at radius 2 is 1.86 bits per heavy atom. The highest BCUT2D eigenvalue weighted by Gasteiger charge is 2.07. The van der Waals surface area contributed by atoms with Crippen LogP contribution >= 0.6 is 0 Å². The number of anilines is 1. The van der Waals surface area contributed by atoms with Gasteiger partial charge in [0.2, 0.25) is 0 Å². The molecule has 2 amide bonds. The number of benzene rings is 2. The van der Waals surface area contributed by atoms with Crippen LogP contribution in [0, 0.1) is 6.92 Å². The van der Waals surface area contributed by atoms with Crippen LogP contribution in [0.3, 0.4) is 0 Å².